The summed E-state index contributed by atoms with van der Waals surface area (Å²) in [7, 11) is 1.75. The normalized spacial score (nSPS) is 30.3. The zero-order valence-corrected chi connectivity index (χ0v) is 12.9. The number of benzene rings is 1. The first-order valence-corrected chi connectivity index (χ1v) is 7.86. The monoisotopic (exact) mass is 324 g/mol. The molecular weight excluding hydrogens is 304 g/mol. The molecule has 0 spiro atoms. The van der Waals surface area contributed by atoms with Crippen molar-refractivity contribution < 1.29 is 4.74 Å². The maximum Gasteiger partial charge on any atom is 0.142 e. The highest BCUT2D eigenvalue weighted by molar-refractivity contribution is 9.10. The van der Waals surface area contributed by atoms with Crippen LogP contribution in [0, 0.1) is 0 Å². The molecule has 0 saturated carbocycles. The third kappa shape index (κ3) is 2.48. The van der Waals surface area contributed by atoms with Gasteiger partial charge < -0.3 is 15.4 Å². The van der Waals surface area contributed by atoms with Crippen LogP contribution in [0.3, 0.4) is 0 Å². The third-order valence-corrected chi connectivity index (χ3v) is 4.92. The number of rotatable bonds is 2. The highest BCUT2D eigenvalue weighted by Gasteiger charge is 2.38. The number of halogens is 1. The minimum Gasteiger partial charge on any atom is -0.495 e. The first-order valence-electron chi connectivity index (χ1n) is 7.06. The van der Waals surface area contributed by atoms with Crippen molar-refractivity contribution >= 4 is 21.6 Å². The molecule has 1 aromatic carbocycles. The molecule has 19 heavy (non-hydrogen) atoms. The van der Waals surface area contributed by atoms with Crippen molar-refractivity contribution in [2.24, 2.45) is 5.73 Å². The average Bonchev–Trinajstić information content (AvgIpc) is 2.37. The summed E-state index contributed by atoms with van der Waals surface area (Å²) >= 11 is 3.58. The largest absolute Gasteiger partial charge is 0.495 e. The molecule has 2 N–H and O–H groups in total. The van der Waals surface area contributed by atoms with Crippen LogP contribution in [0.4, 0.5) is 5.69 Å². The molecule has 1 aromatic rings. The van der Waals surface area contributed by atoms with Gasteiger partial charge in [-0.15, -0.1) is 0 Å². The lowest BCUT2D eigenvalue weighted by Crippen LogP contribution is -2.55. The van der Waals surface area contributed by atoms with Crippen molar-refractivity contribution in [3.8, 4) is 5.75 Å². The molecule has 2 heterocycles. The van der Waals surface area contributed by atoms with E-state index in [9.17, 15) is 0 Å². The Balaban J connectivity index is 1.98. The lowest BCUT2D eigenvalue weighted by molar-refractivity contribution is 0.268. The molecule has 2 bridgehead atoms. The minimum atomic E-state index is 0.365. The molecule has 2 fully saturated rings. The summed E-state index contributed by atoms with van der Waals surface area (Å²) in [6.45, 7) is 0. The standard InChI is InChI=1S/C15H21BrN2O/c1-19-15-6-5-10(16)7-14(15)18-12-3-2-4-13(18)9-11(17)8-12/h5-7,11-13H,2-4,8-9,17H2,1H3. The molecule has 0 aromatic heterocycles. The van der Waals surface area contributed by atoms with Gasteiger partial charge in [0.15, 0.2) is 0 Å². The summed E-state index contributed by atoms with van der Waals surface area (Å²) in [6.07, 6.45) is 6.03. The van der Waals surface area contributed by atoms with Gasteiger partial charge in [-0.05, 0) is 50.3 Å². The van der Waals surface area contributed by atoms with E-state index < -0.39 is 0 Å². The highest BCUT2D eigenvalue weighted by atomic mass is 79.9. The summed E-state index contributed by atoms with van der Waals surface area (Å²) in [5, 5.41) is 0. The second kappa shape index (κ2) is 5.33. The molecule has 0 amide bonds. The van der Waals surface area contributed by atoms with Gasteiger partial charge in [-0.1, -0.05) is 15.9 Å². The second-order valence-corrected chi connectivity index (χ2v) is 6.61. The van der Waals surface area contributed by atoms with Crippen molar-refractivity contribution in [1.82, 2.24) is 0 Å². The molecule has 2 atom stereocenters. The molecule has 2 aliphatic rings. The van der Waals surface area contributed by atoms with Crippen LogP contribution in [-0.4, -0.2) is 25.2 Å². The van der Waals surface area contributed by atoms with Crippen molar-refractivity contribution in [2.75, 3.05) is 12.0 Å². The van der Waals surface area contributed by atoms with Gasteiger partial charge in [0.25, 0.3) is 0 Å². The Kier molecular flexibility index (Phi) is 3.72. The average molecular weight is 325 g/mol. The minimum absolute atomic E-state index is 0.365. The van der Waals surface area contributed by atoms with E-state index in [4.69, 9.17) is 10.5 Å². The lowest BCUT2D eigenvalue weighted by atomic mass is 9.81. The van der Waals surface area contributed by atoms with E-state index in [0.717, 1.165) is 23.1 Å². The van der Waals surface area contributed by atoms with Gasteiger partial charge in [0.2, 0.25) is 0 Å². The van der Waals surface area contributed by atoms with Crippen LogP contribution in [0.2, 0.25) is 0 Å². The van der Waals surface area contributed by atoms with Gasteiger partial charge >= 0.3 is 0 Å². The topological polar surface area (TPSA) is 38.5 Å². The predicted octanol–water partition coefficient (Wildman–Crippen LogP) is 3.31. The summed E-state index contributed by atoms with van der Waals surface area (Å²) in [5.74, 6) is 0.968. The maximum atomic E-state index is 6.20. The number of piperidine rings is 2. The van der Waals surface area contributed by atoms with Crippen LogP contribution in [-0.2, 0) is 0 Å². The molecule has 3 nitrogen and oxygen atoms in total. The fraction of sp³-hybridized carbons (Fsp3) is 0.600. The van der Waals surface area contributed by atoms with Crippen LogP contribution in [0.1, 0.15) is 32.1 Å². The first-order chi connectivity index (χ1) is 9.19. The number of methoxy groups -OCH3 is 1. The van der Waals surface area contributed by atoms with E-state index in [-0.39, 0.29) is 0 Å². The zero-order valence-electron chi connectivity index (χ0n) is 11.3. The van der Waals surface area contributed by atoms with Gasteiger partial charge in [-0.25, -0.2) is 0 Å². The third-order valence-electron chi connectivity index (χ3n) is 4.43. The Hall–Kier alpha value is -0.740. The van der Waals surface area contributed by atoms with Crippen LogP contribution in [0.25, 0.3) is 0 Å². The fourth-order valence-electron chi connectivity index (χ4n) is 3.68. The number of nitrogens with zero attached hydrogens (tertiary/aromatic N) is 1. The Morgan fingerprint density at radius 3 is 2.58 bits per heavy atom. The zero-order chi connectivity index (χ0) is 13.4. The van der Waals surface area contributed by atoms with E-state index in [1.807, 2.05) is 12.1 Å². The number of hydrogen-bond acceptors (Lipinski definition) is 3. The summed E-state index contributed by atoms with van der Waals surface area (Å²) < 4.78 is 6.66. The van der Waals surface area contributed by atoms with E-state index in [2.05, 4.69) is 26.9 Å². The van der Waals surface area contributed by atoms with E-state index in [0.29, 0.717) is 18.1 Å². The number of nitrogens with two attached hydrogens (primary N) is 1. The van der Waals surface area contributed by atoms with Gasteiger partial charge in [0.1, 0.15) is 5.75 Å². The smallest absolute Gasteiger partial charge is 0.142 e. The van der Waals surface area contributed by atoms with E-state index in [1.165, 1.54) is 24.9 Å². The fourth-order valence-corrected chi connectivity index (χ4v) is 4.03. The summed E-state index contributed by atoms with van der Waals surface area (Å²) in [5.41, 5.74) is 7.42. The van der Waals surface area contributed by atoms with Gasteiger partial charge in [-0.2, -0.15) is 0 Å². The van der Waals surface area contributed by atoms with Crippen LogP contribution >= 0.6 is 15.9 Å². The number of ether oxygens (including phenoxy) is 1. The Morgan fingerprint density at radius 1 is 1.26 bits per heavy atom. The van der Waals surface area contributed by atoms with E-state index in [1.54, 1.807) is 7.11 Å². The first kappa shape index (κ1) is 13.3. The highest BCUT2D eigenvalue weighted by Crippen LogP contribution is 2.42. The lowest BCUT2D eigenvalue weighted by Gasteiger charge is -2.50. The molecular formula is C15H21BrN2O. The Morgan fingerprint density at radius 2 is 1.95 bits per heavy atom. The van der Waals surface area contributed by atoms with Crippen molar-refractivity contribution in [2.45, 2.75) is 50.2 Å². The summed E-state index contributed by atoms with van der Waals surface area (Å²) in [6, 6.07) is 7.78. The van der Waals surface area contributed by atoms with Gasteiger partial charge in [0.05, 0.1) is 12.8 Å². The molecule has 2 aliphatic heterocycles. The number of fused-ring (bicyclic) bond motifs is 2. The van der Waals surface area contributed by atoms with Gasteiger partial charge in [-0.3, -0.25) is 0 Å². The molecule has 2 unspecified atom stereocenters. The maximum absolute atomic E-state index is 6.20. The Labute approximate surface area is 123 Å². The van der Waals surface area contributed by atoms with Crippen LogP contribution in [0.15, 0.2) is 22.7 Å². The number of hydrogen-bond donors (Lipinski definition) is 1. The van der Waals surface area contributed by atoms with Crippen molar-refractivity contribution in [1.29, 1.82) is 0 Å². The predicted molar refractivity (Wildman–Crippen MR) is 81.8 cm³/mol. The number of anilines is 1. The van der Waals surface area contributed by atoms with Crippen molar-refractivity contribution in [3.63, 3.8) is 0 Å². The second-order valence-electron chi connectivity index (χ2n) is 5.69. The molecule has 0 aliphatic carbocycles. The van der Waals surface area contributed by atoms with Crippen LogP contribution in [0.5, 0.6) is 5.75 Å². The molecule has 4 heteroatoms. The molecule has 0 radical (unpaired) electrons. The van der Waals surface area contributed by atoms with Crippen molar-refractivity contribution in [3.05, 3.63) is 22.7 Å². The Bertz CT molecular complexity index is 451. The quantitative estimate of drug-likeness (QED) is 0.907. The molecule has 3 rings (SSSR count). The SMILES string of the molecule is COc1ccc(Br)cc1N1C2CCCC1CC(N)C2. The molecule has 104 valence electrons. The van der Waals surface area contributed by atoms with Gasteiger partial charge in [0, 0.05) is 22.6 Å². The molecule has 2 saturated heterocycles. The summed E-state index contributed by atoms with van der Waals surface area (Å²) in [4.78, 5) is 2.57. The van der Waals surface area contributed by atoms with E-state index >= 15 is 0 Å². The van der Waals surface area contributed by atoms with Crippen LogP contribution < -0.4 is 15.4 Å².